The zero-order chi connectivity index (χ0) is 17.2. The first-order valence-corrected chi connectivity index (χ1v) is 8.73. The number of aryl methyl sites for hydroxylation is 1. The van der Waals surface area contributed by atoms with Gasteiger partial charge >= 0.3 is 0 Å². The van der Waals surface area contributed by atoms with Crippen LogP contribution in [0, 0.1) is 5.82 Å². The lowest BCUT2D eigenvalue weighted by atomic mass is 10.1. The zero-order valence-electron chi connectivity index (χ0n) is 14.4. The summed E-state index contributed by atoms with van der Waals surface area (Å²) in [5.41, 5.74) is 0.989. The summed E-state index contributed by atoms with van der Waals surface area (Å²) in [6.07, 6.45) is 3.85. The molecule has 2 N–H and O–H groups in total. The number of benzene rings is 1. The highest BCUT2D eigenvalue weighted by molar-refractivity contribution is 5.85. The van der Waals surface area contributed by atoms with Crippen molar-refractivity contribution in [3.8, 4) is 0 Å². The number of carbonyl (C=O) groups excluding carboxylic acids is 1. The van der Waals surface area contributed by atoms with Crippen LogP contribution in [0.25, 0.3) is 0 Å². The lowest BCUT2D eigenvalue weighted by molar-refractivity contribution is -0.128. The minimum atomic E-state index is -0.198. The molecule has 1 aromatic rings. The van der Waals surface area contributed by atoms with Gasteiger partial charge < -0.3 is 15.5 Å². The Morgan fingerprint density at radius 1 is 1.29 bits per heavy atom. The number of hydrogen-bond acceptors (Lipinski definition) is 2. The largest absolute Gasteiger partial charge is 0.357 e. The molecule has 0 aromatic heterocycles. The number of carbonyl (C=O) groups is 1. The van der Waals surface area contributed by atoms with Gasteiger partial charge in [-0.2, -0.15) is 0 Å². The third-order valence-corrected chi connectivity index (χ3v) is 4.00. The predicted molar refractivity (Wildman–Crippen MR) is 94.5 cm³/mol. The Morgan fingerprint density at radius 3 is 2.79 bits per heavy atom. The van der Waals surface area contributed by atoms with Crippen molar-refractivity contribution < 1.29 is 9.18 Å². The first-order chi connectivity index (χ1) is 11.7. The Bertz CT molecular complexity index is 556. The second kappa shape index (κ2) is 9.90. The van der Waals surface area contributed by atoms with Crippen molar-refractivity contribution >= 4 is 11.9 Å². The fourth-order valence-electron chi connectivity index (χ4n) is 2.75. The van der Waals surface area contributed by atoms with Crippen LogP contribution in [0.4, 0.5) is 4.39 Å². The van der Waals surface area contributed by atoms with Crippen molar-refractivity contribution in [3.63, 3.8) is 0 Å². The summed E-state index contributed by atoms with van der Waals surface area (Å²) >= 11 is 0. The van der Waals surface area contributed by atoms with E-state index in [0.717, 1.165) is 57.4 Å². The molecule has 2 rings (SSSR count). The number of amides is 1. The van der Waals surface area contributed by atoms with E-state index < -0.39 is 0 Å². The molecule has 0 saturated carbocycles. The van der Waals surface area contributed by atoms with Gasteiger partial charge in [-0.25, -0.2) is 9.38 Å². The van der Waals surface area contributed by atoms with E-state index in [1.807, 2.05) is 17.9 Å². The van der Waals surface area contributed by atoms with Gasteiger partial charge in [0.25, 0.3) is 0 Å². The van der Waals surface area contributed by atoms with Crippen LogP contribution in [-0.4, -0.2) is 49.5 Å². The van der Waals surface area contributed by atoms with Gasteiger partial charge in [-0.3, -0.25) is 4.79 Å². The maximum atomic E-state index is 13.1. The van der Waals surface area contributed by atoms with E-state index in [4.69, 9.17) is 0 Å². The van der Waals surface area contributed by atoms with Crippen molar-refractivity contribution in [3.05, 3.63) is 35.6 Å². The monoisotopic (exact) mass is 334 g/mol. The lowest BCUT2D eigenvalue weighted by Gasteiger charge is -2.15. The smallest absolute Gasteiger partial charge is 0.244 e. The van der Waals surface area contributed by atoms with Crippen LogP contribution in [0.1, 0.15) is 31.7 Å². The Hall–Kier alpha value is -2.11. The molecule has 0 atom stereocenters. The molecule has 1 aliphatic rings. The molecule has 132 valence electrons. The number of halogens is 1. The molecule has 6 heteroatoms. The minimum Gasteiger partial charge on any atom is -0.357 e. The summed E-state index contributed by atoms with van der Waals surface area (Å²) in [7, 11) is 0. The molecule has 24 heavy (non-hydrogen) atoms. The van der Waals surface area contributed by atoms with E-state index in [2.05, 4.69) is 15.6 Å². The summed E-state index contributed by atoms with van der Waals surface area (Å²) in [4.78, 5) is 18.3. The van der Waals surface area contributed by atoms with Crippen LogP contribution in [-0.2, 0) is 11.2 Å². The molecule has 1 amide bonds. The van der Waals surface area contributed by atoms with Crippen LogP contribution in [0.3, 0.4) is 0 Å². The van der Waals surface area contributed by atoms with Crippen LogP contribution < -0.4 is 10.6 Å². The molecule has 0 bridgehead atoms. The number of aliphatic imine (C=N–C) groups is 1. The van der Waals surface area contributed by atoms with Crippen molar-refractivity contribution in [2.75, 3.05) is 32.7 Å². The molecular weight excluding hydrogens is 307 g/mol. The van der Waals surface area contributed by atoms with Crippen LogP contribution in [0.15, 0.2) is 29.3 Å². The maximum absolute atomic E-state index is 13.1. The van der Waals surface area contributed by atoms with Crippen molar-refractivity contribution in [2.24, 2.45) is 4.99 Å². The van der Waals surface area contributed by atoms with Gasteiger partial charge in [-0.1, -0.05) is 12.1 Å². The fraction of sp³-hybridized carbons (Fsp3) is 0.556. The van der Waals surface area contributed by atoms with Crippen molar-refractivity contribution in [2.45, 2.75) is 32.6 Å². The van der Waals surface area contributed by atoms with E-state index in [0.29, 0.717) is 5.96 Å². The number of hydrogen-bond donors (Lipinski definition) is 2. The summed E-state index contributed by atoms with van der Waals surface area (Å²) in [5.74, 6) is 0.546. The second-order valence-corrected chi connectivity index (χ2v) is 5.94. The molecule has 0 aliphatic carbocycles. The highest BCUT2D eigenvalue weighted by Crippen LogP contribution is 2.07. The van der Waals surface area contributed by atoms with Crippen LogP contribution in [0.5, 0.6) is 0 Å². The first-order valence-electron chi connectivity index (χ1n) is 8.73. The van der Waals surface area contributed by atoms with E-state index in [1.54, 1.807) is 12.1 Å². The lowest BCUT2D eigenvalue weighted by Crippen LogP contribution is -2.39. The summed E-state index contributed by atoms with van der Waals surface area (Å²) in [6.45, 7) is 5.34. The summed E-state index contributed by atoms with van der Waals surface area (Å²) in [6, 6.07) is 6.67. The molecule has 1 aromatic carbocycles. The van der Waals surface area contributed by atoms with Gasteiger partial charge in [0.2, 0.25) is 5.91 Å². The second-order valence-electron chi connectivity index (χ2n) is 5.94. The van der Waals surface area contributed by atoms with Gasteiger partial charge in [0.05, 0.1) is 0 Å². The van der Waals surface area contributed by atoms with Gasteiger partial charge in [0.15, 0.2) is 5.96 Å². The van der Waals surface area contributed by atoms with Gasteiger partial charge in [-0.15, -0.1) is 0 Å². The minimum absolute atomic E-state index is 0.0875. The van der Waals surface area contributed by atoms with E-state index in [1.165, 1.54) is 6.07 Å². The Labute approximate surface area is 143 Å². The molecule has 1 heterocycles. The molecular formula is C18H27FN4O. The molecule has 0 radical (unpaired) electrons. The van der Waals surface area contributed by atoms with Crippen molar-refractivity contribution in [1.29, 1.82) is 0 Å². The predicted octanol–water partition coefficient (Wildman–Crippen LogP) is 1.94. The van der Waals surface area contributed by atoms with Crippen LogP contribution >= 0.6 is 0 Å². The molecule has 1 saturated heterocycles. The number of likely N-dealkylation sites (tertiary alicyclic amines) is 1. The standard InChI is InChI=1S/C18H27FN4O/c1-2-20-18(22-14-17(24)23-11-3-4-12-23)21-10-6-8-15-7-5-9-16(19)13-15/h5,7,9,13H,2-4,6,8,10-12,14H2,1H3,(H2,20,21,22). The summed E-state index contributed by atoms with van der Waals surface area (Å²) in [5, 5.41) is 6.37. The van der Waals surface area contributed by atoms with E-state index in [9.17, 15) is 9.18 Å². The Kier molecular flexibility index (Phi) is 7.52. The quantitative estimate of drug-likeness (QED) is 0.455. The normalized spacial score (nSPS) is 14.8. The number of guanidine groups is 1. The fourth-order valence-corrected chi connectivity index (χ4v) is 2.75. The number of rotatable bonds is 7. The topological polar surface area (TPSA) is 56.7 Å². The molecule has 5 nitrogen and oxygen atoms in total. The SMILES string of the molecule is CCNC(=NCC(=O)N1CCCC1)NCCCc1cccc(F)c1. The average molecular weight is 334 g/mol. The number of nitrogens with one attached hydrogen (secondary N) is 2. The first kappa shape index (κ1) is 18.2. The highest BCUT2D eigenvalue weighted by Gasteiger charge is 2.17. The zero-order valence-corrected chi connectivity index (χ0v) is 14.4. The number of nitrogens with zero attached hydrogens (tertiary/aromatic N) is 2. The molecule has 0 spiro atoms. The van der Waals surface area contributed by atoms with Crippen molar-refractivity contribution in [1.82, 2.24) is 15.5 Å². The maximum Gasteiger partial charge on any atom is 0.244 e. The Balaban J connectivity index is 1.73. The molecule has 1 fully saturated rings. The Morgan fingerprint density at radius 2 is 2.08 bits per heavy atom. The van der Waals surface area contributed by atoms with E-state index >= 15 is 0 Å². The highest BCUT2D eigenvalue weighted by atomic mass is 19.1. The third-order valence-electron chi connectivity index (χ3n) is 4.00. The molecule has 0 unspecified atom stereocenters. The van der Waals surface area contributed by atoms with E-state index in [-0.39, 0.29) is 18.3 Å². The average Bonchev–Trinajstić information content (AvgIpc) is 3.11. The molecule has 1 aliphatic heterocycles. The van der Waals surface area contributed by atoms with Crippen LogP contribution in [0.2, 0.25) is 0 Å². The van der Waals surface area contributed by atoms with Gasteiger partial charge in [0.1, 0.15) is 12.4 Å². The van der Waals surface area contributed by atoms with Gasteiger partial charge in [0, 0.05) is 26.2 Å². The van der Waals surface area contributed by atoms with Gasteiger partial charge in [-0.05, 0) is 50.3 Å². The third kappa shape index (κ3) is 6.18. The summed E-state index contributed by atoms with van der Waals surface area (Å²) < 4.78 is 13.1.